The van der Waals surface area contributed by atoms with Gasteiger partial charge in [-0.2, -0.15) is 0 Å². The lowest BCUT2D eigenvalue weighted by Gasteiger charge is -2.19. The molecule has 1 amide bonds. The molecule has 33 heavy (non-hydrogen) atoms. The van der Waals surface area contributed by atoms with Gasteiger partial charge in [-0.1, -0.05) is 48.5 Å². The van der Waals surface area contributed by atoms with E-state index in [0.29, 0.717) is 0 Å². The van der Waals surface area contributed by atoms with E-state index in [0.717, 1.165) is 27.7 Å². The van der Waals surface area contributed by atoms with Crippen LogP contribution in [0.3, 0.4) is 0 Å². The first-order valence-corrected chi connectivity index (χ1v) is 11.3. The Labute approximate surface area is 193 Å². The van der Waals surface area contributed by atoms with Crippen LogP contribution in [0.5, 0.6) is 0 Å². The number of rotatable bonds is 5. The van der Waals surface area contributed by atoms with E-state index in [1.165, 1.54) is 22.3 Å². The van der Waals surface area contributed by atoms with Crippen molar-refractivity contribution in [2.75, 3.05) is 17.2 Å². The summed E-state index contributed by atoms with van der Waals surface area (Å²) in [6.07, 6.45) is 3.11. The fourth-order valence-electron chi connectivity index (χ4n) is 4.74. The van der Waals surface area contributed by atoms with Crippen molar-refractivity contribution in [3.05, 3.63) is 89.7 Å². The molecule has 2 N–H and O–H groups in total. The van der Waals surface area contributed by atoms with E-state index in [9.17, 15) is 4.79 Å². The van der Waals surface area contributed by atoms with Crippen LogP contribution in [0.2, 0.25) is 0 Å². The molecule has 1 aliphatic rings. The van der Waals surface area contributed by atoms with Gasteiger partial charge in [0.25, 0.3) is 0 Å². The molecule has 0 saturated heterocycles. The van der Waals surface area contributed by atoms with E-state index in [-0.39, 0.29) is 18.6 Å². The first-order chi connectivity index (χ1) is 16.0. The number of hydrogen-bond acceptors (Lipinski definition) is 4. The van der Waals surface area contributed by atoms with Crippen LogP contribution in [-0.2, 0) is 4.74 Å². The molecule has 1 heterocycles. The van der Waals surface area contributed by atoms with Gasteiger partial charge in [0.05, 0.1) is 5.69 Å². The molecule has 0 radical (unpaired) electrons. The number of ether oxygens (including phenoxy) is 1. The lowest BCUT2D eigenvalue weighted by molar-refractivity contribution is 0.158. The number of carbonyl (C=O) groups is 1. The molecule has 5 rings (SSSR count). The predicted octanol–water partition coefficient (Wildman–Crippen LogP) is 6.72. The number of aryl methyl sites for hydroxylation is 1. The third-order valence-corrected chi connectivity index (χ3v) is 6.15. The number of pyridine rings is 1. The second-order valence-electron chi connectivity index (χ2n) is 8.79. The van der Waals surface area contributed by atoms with E-state index >= 15 is 0 Å². The van der Waals surface area contributed by atoms with Crippen molar-refractivity contribution in [2.24, 2.45) is 0 Å². The van der Waals surface area contributed by atoms with Crippen molar-refractivity contribution in [1.29, 1.82) is 0 Å². The van der Waals surface area contributed by atoms with Crippen LogP contribution in [0.4, 0.5) is 16.2 Å². The van der Waals surface area contributed by atoms with Crippen LogP contribution in [0.25, 0.3) is 21.9 Å². The summed E-state index contributed by atoms with van der Waals surface area (Å²) in [5.74, 6) is 0.0310. The number of benzene rings is 3. The second kappa shape index (κ2) is 8.58. The molecule has 0 saturated carbocycles. The summed E-state index contributed by atoms with van der Waals surface area (Å²) in [5.41, 5.74) is 7.61. The molecule has 0 spiro atoms. The Morgan fingerprint density at radius 1 is 1.00 bits per heavy atom. The maximum atomic E-state index is 12.8. The Balaban J connectivity index is 1.38. The fourth-order valence-corrected chi connectivity index (χ4v) is 4.74. The predicted molar refractivity (Wildman–Crippen MR) is 134 cm³/mol. The molecule has 5 nitrogen and oxygen atoms in total. The van der Waals surface area contributed by atoms with Gasteiger partial charge in [0.2, 0.25) is 0 Å². The Morgan fingerprint density at radius 3 is 2.33 bits per heavy atom. The Kier molecular flexibility index (Phi) is 5.47. The first-order valence-electron chi connectivity index (χ1n) is 11.3. The summed E-state index contributed by atoms with van der Waals surface area (Å²) in [7, 11) is 0. The zero-order chi connectivity index (χ0) is 22.9. The van der Waals surface area contributed by atoms with Gasteiger partial charge >= 0.3 is 6.09 Å². The number of hydrogen-bond donors (Lipinski definition) is 2. The molecule has 3 aromatic carbocycles. The Bertz CT molecular complexity index is 1300. The number of aromatic nitrogens is 1. The van der Waals surface area contributed by atoms with Crippen LogP contribution >= 0.6 is 0 Å². The number of fused-ring (bicyclic) bond motifs is 4. The van der Waals surface area contributed by atoms with Crippen molar-refractivity contribution in [3.8, 4) is 11.1 Å². The van der Waals surface area contributed by atoms with Gasteiger partial charge in [0, 0.05) is 40.8 Å². The lowest BCUT2D eigenvalue weighted by atomic mass is 9.98. The van der Waals surface area contributed by atoms with Crippen molar-refractivity contribution >= 4 is 28.2 Å². The number of carbonyl (C=O) groups excluding carboxylic acids is 1. The number of amides is 1. The molecular weight excluding hydrogens is 410 g/mol. The maximum Gasteiger partial charge on any atom is 0.411 e. The molecule has 4 aromatic rings. The van der Waals surface area contributed by atoms with E-state index in [2.05, 4.69) is 53.7 Å². The van der Waals surface area contributed by atoms with E-state index < -0.39 is 6.09 Å². The van der Waals surface area contributed by atoms with Crippen molar-refractivity contribution in [3.63, 3.8) is 0 Å². The van der Waals surface area contributed by atoms with E-state index in [4.69, 9.17) is 4.74 Å². The zero-order valence-corrected chi connectivity index (χ0v) is 19.1. The molecule has 1 aromatic heterocycles. The first kappa shape index (κ1) is 21.0. The SMILES string of the molecule is Cc1cc(NC(=O)OCC2c3ccccc3-c3ccccc32)c2ccncc2c1NC(C)C. The molecule has 0 unspecified atom stereocenters. The summed E-state index contributed by atoms with van der Waals surface area (Å²) >= 11 is 0. The molecule has 0 fully saturated rings. The molecule has 166 valence electrons. The highest BCUT2D eigenvalue weighted by Gasteiger charge is 2.29. The summed E-state index contributed by atoms with van der Waals surface area (Å²) in [6, 6.07) is 20.8. The van der Waals surface area contributed by atoms with Crippen LogP contribution in [0, 0.1) is 6.92 Å². The third kappa shape index (κ3) is 3.91. The summed E-state index contributed by atoms with van der Waals surface area (Å²) < 4.78 is 5.75. The minimum atomic E-state index is -0.459. The molecule has 0 atom stereocenters. The van der Waals surface area contributed by atoms with Gasteiger partial charge in [0.1, 0.15) is 6.61 Å². The van der Waals surface area contributed by atoms with Gasteiger partial charge in [-0.05, 0) is 60.7 Å². The minimum Gasteiger partial charge on any atom is -0.448 e. The summed E-state index contributed by atoms with van der Waals surface area (Å²) in [6.45, 7) is 6.51. The highest BCUT2D eigenvalue weighted by Crippen LogP contribution is 2.44. The lowest BCUT2D eigenvalue weighted by Crippen LogP contribution is -2.18. The maximum absolute atomic E-state index is 12.8. The minimum absolute atomic E-state index is 0.0310. The van der Waals surface area contributed by atoms with Gasteiger partial charge in [-0.25, -0.2) is 4.79 Å². The number of nitrogens with one attached hydrogen (secondary N) is 2. The van der Waals surface area contributed by atoms with Crippen LogP contribution in [-0.4, -0.2) is 23.7 Å². The van der Waals surface area contributed by atoms with Crippen LogP contribution in [0.15, 0.2) is 73.1 Å². The van der Waals surface area contributed by atoms with Crippen molar-refractivity contribution < 1.29 is 9.53 Å². The quantitative estimate of drug-likeness (QED) is 0.364. The number of nitrogens with zero attached hydrogens (tertiary/aromatic N) is 1. The van der Waals surface area contributed by atoms with Crippen molar-refractivity contribution in [1.82, 2.24) is 4.98 Å². The van der Waals surface area contributed by atoms with E-state index in [1.54, 1.807) is 6.20 Å². The average Bonchev–Trinajstić information content (AvgIpc) is 3.14. The highest BCUT2D eigenvalue weighted by atomic mass is 16.5. The molecule has 5 heteroatoms. The molecule has 1 aliphatic carbocycles. The van der Waals surface area contributed by atoms with Crippen LogP contribution < -0.4 is 10.6 Å². The van der Waals surface area contributed by atoms with Gasteiger partial charge in [0.15, 0.2) is 0 Å². The zero-order valence-electron chi connectivity index (χ0n) is 19.1. The fraction of sp³-hybridized carbons (Fsp3) is 0.214. The monoisotopic (exact) mass is 437 g/mol. The highest BCUT2D eigenvalue weighted by molar-refractivity contribution is 6.06. The van der Waals surface area contributed by atoms with Gasteiger partial charge < -0.3 is 10.1 Å². The Morgan fingerprint density at radius 2 is 1.67 bits per heavy atom. The normalized spacial score (nSPS) is 12.5. The summed E-state index contributed by atoms with van der Waals surface area (Å²) in [5, 5.41) is 8.35. The molecule has 0 bridgehead atoms. The standard InChI is InChI=1S/C28H27N3O2/c1-17(2)30-27-18(3)14-26(23-12-13-29-15-24(23)27)31-28(32)33-16-25-21-10-6-4-8-19(21)20-9-5-7-11-22(20)25/h4-15,17,25,30H,16H2,1-3H3,(H,31,32). The average molecular weight is 438 g/mol. The van der Waals surface area contributed by atoms with Gasteiger partial charge in [-0.15, -0.1) is 0 Å². The van der Waals surface area contributed by atoms with Crippen LogP contribution in [0.1, 0.15) is 36.5 Å². The third-order valence-electron chi connectivity index (χ3n) is 6.15. The smallest absolute Gasteiger partial charge is 0.411 e. The number of anilines is 2. The summed E-state index contributed by atoms with van der Waals surface area (Å²) in [4.78, 5) is 17.1. The second-order valence-corrected chi connectivity index (χ2v) is 8.79. The topological polar surface area (TPSA) is 63.2 Å². The molecular formula is C28H27N3O2. The molecule has 0 aliphatic heterocycles. The Hall–Kier alpha value is -3.86. The van der Waals surface area contributed by atoms with Gasteiger partial charge in [-0.3, -0.25) is 10.3 Å². The van der Waals surface area contributed by atoms with Crippen molar-refractivity contribution in [2.45, 2.75) is 32.7 Å². The van der Waals surface area contributed by atoms with E-state index in [1.807, 2.05) is 49.5 Å². The largest absolute Gasteiger partial charge is 0.448 e.